The van der Waals surface area contributed by atoms with Crippen LogP contribution in [0.2, 0.25) is 0 Å². The number of nitrogens with one attached hydrogen (secondary N) is 2. The van der Waals surface area contributed by atoms with E-state index in [1.807, 2.05) is 18.7 Å². The van der Waals surface area contributed by atoms with E-state index >= 15 is 0 Å². The number of hydrogen-bond acceptors (Lipinski definition) is 3. The van der Waals surface area contributed by atoms with Crippen LogP contribution in [0.5, 0.6) is 0 Å². The van der Waals surface area contributed by atoms with Crippen molar-refractivity contribution in [2.45, 2.75) is 20.3 Å². The lowest BCUT2D eigenvalue weighted by molar-refractivity contribution is 0.0696. The fourth-order valence-electron chi connectivity index (χ4n) is 2.31. The van der Waals surface area contributed by atoms with Crippen LogP contribution >= 0.6 is 11.8 Å². The van der Waals surface area contributed by atoms with Gasteiger partial charge in [0.1, 0.15) is 0 Å². The van der Waals surface area contributed by atoms with Gasteiger partial charge in [-0.05, 0) is 61.0 Å². The van der Waals surface area contributed by atoms with Gasteiger partial charge in [-0.2, -0.15) is 11.8 Å². The molecule has 0 spiro atoms. The van der Waals surface area contributed by atoms with E-state index in [1.165, 1.54) is 6.07 Å². The number of carboxylic acids is 1. The van der Waals surface area contributed by atoms with Gasteiger partial charge >= 0.3 is 12.0 Å². The molecule has 1 unspecified atom stereocenters. The Bertz CT molecular complexity index is 554. The Morgan fingerprint density at radius 2 is 2.14 bits per heavy atom. The molecule has 5 nitrogen and oxygen atoms in total. The predicted molar refractivity (Wildman–Crippen MR) is 85.3 cm³/mol. The highest BCUT2D eigenvalue weighted by molar-refractivity contribution is 7.99. The fourth-order valence-corrected chi connectivity index (χ4v) is 3.59. The van der Waals surface area contributed by atoms with Gasteiger partial charge in [0.2, 0.25) is 0 Å². The molecule has 0 saturated carbocycles. The summed E-state index contributed by atoms with van der Waals surface area (Å²) in [5.74, 6) is 1.80. The minimum Gasteiger partial charge on any atom is -0.478 e. The largest absolute Gasteiger partial charge is 0.478 e. The second kappa shape index (κ2) is 6.85. The molecule has 1 aliphatic rings. The van der Waals surface area contributed by atoms with E-state index in [9.17, 15) is 9.59 Å². The first kappa shape index (κ1) is 15.7. The van der Waals surface area contributed by atoms with Crippen molar-refractivity contribution >= 4 is 29.4 Å². The van der Waals surface area contributed by atoms with Crippen LogP contribution in [0.15, 0.2) is 12.1 Å². The standard InChI is InChI=1S/C15H20N2O3S/c1-9-5-12(6-13(10(9)2)14(18)19)17-15(20)16-7-11-3-4-21-8-11/h5-6,11H,3-4,7-8H2,1-2H3,(H,18,19)(H2,16,17,20). The fraction of sp³-hybridized carbons (Fsp3) is 0.467. The third-order valence-corrected chi connectivity index (χ3v) is 4.96. The molecule has 3 N–H and O–H groups in total. The second-order valence-corrected chi connectivity index (χ2v) is 6.49. The molecule has 1 atom stereocenters. The predicted octanol–water partition coefficient (Wildman–Crippen LogP) is 2.88. The number of carbonyl (C=O) groups excluding carboxylic acids is 1. The molecule has 6 heteroatoms. The lowest BCUT2D eigenvalue weighted by Crippen LogP contribution is -2.33. The van der Waals surface area contributed by atoms with Gasteiger partial charge in [-0.3, -0.25) is 0 Å². The molecule has 2 amide bonds. The quantitative estimate of drug-likeness (QED) is 0.799. The zero-order valence-corrected chi connectivity index (χ0v) is 13.0. The van der Waals surface area contributed by atoms with Crippen molar-refractivity contribution < 1.29 is 14.7 Å². The van der Waals surface area contributed by atoms with Crippen LogP contribution < -0.4 is 10.6 Å². The molecule has 1 aromatic carbocycles. The number of aryl methyl sites for hydroxylation is 1. The van der Waals surface area contributed by atoms with E-state index in [-0.39, 0.29) is 11.6 Å². The molecule has 0 radical (unpaired) electrons. The maximum atomic E-state index is 11.9. The molecule has 21 heavy (non-hydrogen) atoms. The second-order valence-electron chi connectivity index (χ2n) is 5.34. The lowest BCUT2D eigenvalue weighted by Gasteiger charge is -2.13. The number of carboxylic acid groups (broad SMARTS) is 1. The number of aromatic carboxylic acids is 1. The van der Waals surface area contributed by atoms with Crippen molar-refractivity contribution in [2.75, 3.05) is 23.4 Å². The summed E-state index contributed by atoms with van der Waals surface area (Å²) in [6.45, 7) is 4.26. The van der Waals surface area contributed by atoms with Crippen molar-refractivity contribution in [1.82, 2.24) is 5.32 Å². The highest BCUT2D eigenvalue weighted by Crippen LogP contribution is 2.23. The van der Waals surface area contributed by atoms with Crippen LogP contribution in [-0.2, 0) is 0 Å². The van der Waals surface area contributed by atoms with E-state index in [1.54, 1.807) is 13.0 Å². The van der Waals surface area contributed by atoms with Gasteiger partial charge in [-0.15, -0.1) is 0 Å². The summed E-state index contributed by atoms with van der Waals surface area (Å²) in [6, 6.07) is 2.99. The van der Waals surface area contributed by atoms with Crippen molar-refractivity contribution in [1.29, 1.82) is 0 Å². The third kappa shape index (κ3) is 4.14. The number of thioether (sulfide) groups is 1. The van der Waals surface area contributed by atoms with E-state index in [0.29, 0.717) is 18.2 Å². The van der Waals surface area contributed by atoms with Gasteiger partial charge in [0.25, 0.3) is 0 Å². The zero-order valence-electron chi connectivity index (χ0n) is 12.2. The zero-order chi connectivity index (χ0) is 15.4. The first-order valence-corrected chi connectivity index (χ1v) is 8.10. The maximum absolute atomic E-state index is 11.9. The number of anilines is 1. The van der Waals surface area contributed by atoms with Crippen LogP contribution in [0, 0.1) is 19.8 Å². The lowest BCUT2D eigenvalue weighted by atomic mass is 10.0. The molecule has 0 aromatic heterocycles. The van der Waals surface area contributed by atoms with Gasteiger partial charge < -0.3 is 15.7 Å². The highest BCUT2D eigenvalue weighted by atomic mass is 32.2. The molecule has 1 fully saturated rings. The Morgan fingerprint density at radius 3 is 2.76 bits per heavy atom. The molecular formula is C15H20N2O3S. The number of amides is 2. The van der Waals surface area contributed by atoms with Gasteiger partial charge in [0.05, 0.1) is 5.56 Å². The van der Waals surface area contributed by atoms with Crippen molar-refractivity contribution in [3.63, 3.8) is 0 Å². The first-order chi connectivity index (χ1) is 9.97. The van der Waals surface area contributed by atoms with Crippen molar-refractivity contribution in [2.24, 2.45) is 5.92 Å². The molecule has 0 aliphatic carbocycles. The van der Waals surface area contributed by atoms with Crippen molar-refractivity contribution in [3.05, 3.63) is 28.8 Å². The van der Waals surface area contributed by atoms with Crippen LogP contribution in [0.4, 0.5) is 10.5 Å². The van der Waals surface area contributed by atoms with Crippen LogP contribution in [0.1, 0.15) is 27.9 Å². The number of hydrogen-bond donors (Lipinski definition) is 3. The molecule has 2 rings (SSSR count). The minimum atomic E-state index is -0.984. The SMILES string of the molecule is Cc1cc(NC(=O)NCC2CCSC2)cc(C(=O)O)c1C. The summed E-state index contributed by atoms with van der Waals surface area (Å²) in [5.41, 5.74) is 2.29. The summed E-state index contributed by atoms with van der Waals surface area (Å²) in [4.78, 5) is 23.1. The van der Waals surface area contributed by atoms with Gasteiger partial charge in [-0.1, -0.05) is 0 Å². The first-order valence-electron chi connectivity index (χ1n) is 6.94. The normalized spacial score (nSPS) is 17.5. The topological polar surface area (TPSA) is 78.4 Å². The van der Waals surface area contributed by atoms with E-state index in [0.717, 1.165) is 29.1 Å². The molecule has 114 valence electrons. The summed E-state index contributed by atoms with van der Waals surface area (Å²) < 4.78 is 0. The van der Waals surface area contributed by atoms with Crippen LogP contribution in [0.25, 0.3) is 0 Å². The molecule has 1 saturated heterocycles. The van der Waals surface area contributed by atoms with Crippen LogP contribution in [0.3, 0.4) is 0 Å². The summed E-state index contributed by atoms with van der Waals surface area (Å²) in [7, 11) is 0. The number of benzene rings is 1. The Balaban J connectivity index is 1.98. The molecule has 1 aromatic rings. The van der Waals surface area contributed by atoms with E-state index < -0.39 is 5.97 Å². The molecular weight excluding hydrogens is 288 g/mol. The number of carbonyl (C=O) groups is 2. The number of urea groups is 1. The van der Waals surface area contributed by atoms with Crippen LogP contribution in [-0.4, -0.2) is 35.2 Å². The minimum absolute atomic E-state index is 0.220. The number of rotatable bonds is 4. The van der Waals surface area contributed by atoms with E-state index in [4.69, 9.17) is 5.11 Å². The Kier molecular flexibility index (Phi) is 5.12. The molecule has 0 bridgehead atoms. The summed E-state index contributed by atoms with van der Waals surface area (Å²) in [5, 5.41) is 14.7. The third-order valence-electron chi connectivity index (χ3n) is 3.73. The maximum Gasteiger partial charge on any atom is 0.336 e. The van der Waals surface area contributed by atoms with Gasteiger partial charge in [-0.25, -0.2) is 9.59 Å². The summed E-state index contributed by atoms with van der Waals surface area (Å²) in [6.07, 6.45) is 1.14. The Hall–Kier alpha value is -1.69. The monoisotopic (exact) mass is 308 g/mol. The Labute approximate surface area is 128 Å². The van der Waals surface area contributed by atoms with Gasteiger partial charge in [0, 0.05) is 12.2 Å². The average molecular weight is 308 g/mol. The molecule has 1 aliphatic heterocycles. The summed E-state index contributed by atoms with van der Waals surface area (Å²) >= 11 is 1.91. The average Bonchev–Trinajstić information content (AvgIpc) is 2.93. The highest BCUT2D eigenvalue weighted by Gasteiger charge is 2.16. The smallest absolute Gasteiger partial charge is 0.336 e. The van der Waals surface area contributed by atoms with E-state index in [2.05, 4.69) is 10.6 Å². The van der Waals surface area contributed by atoms with Crippen molar-refractivity contribution in [3.8, 4) is 0 Å². The molecule has 1 heterocycles. The van der Waals surface area contributed by atoms with Gasteiger partial charge in [0.15, 0.2) is 0 Å². The Morgan fingerprint density at radius 1 is 1.38 bits per heavy atom.